The Hall–Kier alpha value is -1.67. The molecule has 21 fully saturated rings. The Labute approximate surface area is 463 Å². The quantitative estimate of drug-likeness (QED) is 0.100. The van der Waals surface area contributed by atoms with Crippen molar-refractivity contribution in [1.82, 2.24) is 10.6 Å². The summed E-state index contributed by atoms with van der Waals surface area (Å²) in [6.45, 7) is -6.66. The fraction of sp³-hybridized carbons (Fsp3) is 0.977. The van der Waals surface area contributed by atoms with E-state index in [9.17, 15) is 102 Å². The molecule has 21 heterocycles. The van der Waals surface area contributed by atoms with Crippen molar-refractivity contribution in [3.63, 3.8) is 0 Å². The maximum absolute atomic E-state index is 11.6. The zero-order chi connectivity index (χ0) is 59.0. The first kappa shape index (κ1) is 65.3. The van der Waals surface area contributed by atoms with Crippen LogP contribution in [-0.2, 0) is 66.3 Å². The second kappa shape index (κ2) is 28.0. The van der Waals surface area contributed by atoms with Gasteiger partial charge < -0.3 is 179 Å². The third-order valence-corrected chi connectivity index (χ3v) is 15.6. The first-order chi connectivity index (χ1) is 38.5. The average Bonchev–Trinajstić information content (AvgIpc) is 3.59. The Balaban J connectivity index is 1.09. The first-order valence-corrected chi connectivity index (χ1v) is 26.3. The van der Waals surface area contributed by atoms with Gasteiger partial charge >= 0.3 is 0 Å². The summed E-state index contributed by atoms with van der Waals surface area (Å²) in [5.74, 6) is 0. The van der Waals surface area contributed by atoms with Gasteiger partial charge in [-0.25, -0.2) is 0 Å². The van der Waals surface area contributed by atoms with Crippen LogP contribution in [0.25, 0.3) is 0 Å². The molecular weight excluding hydrogens is 1130 g/mol. The fourth-order valence-electron chi connectivity index (χ4n) is 10.7. The van der Waals surface area contributed by atoms with Gasteiger partial charge in [0.15, 0.2) is 49.1 Å². The van der Waals surface area contributed by atoms with E-state index in [-0.39, 0.29) is 5.11 Å². The second-order valence-electron chi connectivity index (χ2n) is 20.4. The topological polar surface area (TPSA) is 558 Å². The van der Waals surface area contributed by atoms with Crippen LogP contribution in [0.4, 0.5) is 0 Å². The molecule has 0 saturated carbocycles. The molecule has 81 heavy (non-hydrogen) atoms. The summed E-state index contributed by atoms with van der Waals surface area (Å²) >= 11 is 5.18. The van der Waals surface area contributed by atoms with Crippen LogP contribution >= 0.6 is 12.2 Å². The number of nitrogens with one attached hydrogen (secondary N) is 2. The van der Waals surface area contributed by atoms with E-state index in [1.54, 1.807) is 0 Å². The molecule has 35 atom stereocenters. The molecule has 22 N–H and O–H groups in total. The van der Waals surface area contributed by atoms with Crippen molar-refractivity contribution in [2.45, 2.75) is 215 Å². The summed E-state index contributed by atoms with van der Waals surface area (Å²) in [6, 6.07) is 0. The summed E-state index contributed by atoms with van der Waals surface area (Å²) in [4.78, 5) is 0. The molecule has 0 aromatic carbocycles. The molecule has 0 aliphatic carbocycles. The predicted molar refractivity (Wildman–Crippen MR) is 251 cm³/mol. The van der Waals surface area contributed by atoms with Crippen molar-refractivity contribution in [1.29, 1.82) is 0 Å². The van der Waals surface area contributed by atoms with E-state index in [0.717, 1.165) is 0 Å². The summed E-state index contributed by atoms with van der Waals surface area (Å²) in [7, 11) is 1.45. The second-order valence-corrected chi connectivity index (χ2v) is 20.8. The Kier molecular flexibility index (Phi) is 22.6. The Bertz CT molecular complexity index is 1970. The number of aliphatic hydroxyl groups excluding tert-OH is 20. The molecule has 0 aromatic rings. The van der Waals surface area contributed by atoms with E-state index in [2.05, 4.69) is 10.6 Å². The maximum Gasteiger partial charge on any atom is 0.187 e. The molecule has 36 nitrogen and oxygen atoms in total. The summed E-state index contributed by atoms with van der Waals surface area (Å²) in [6.07, 6.45) is -69.7. The van der Waals surface area contributed by atoms with E-state index < -0.39 is 261 Å². The first-order valence-electron chi connectivity index (χ1n) is 25.9. The smallest absolute Gasteiger partial charge is 0.187 e. The van der Waals surface area contributed by atoms with E-state index >= 15 is 0 Å². The van der Waals surface area contributed by atoms with Crippen molar-refractivity contribution in [3.8, 4) is 0 Å². The minimum Gasteiger partial charge on any atom is -0.394 e. The van der Waals surface area contributed by atoms with Crippen LogP contribution in [0.3, 0.4) is 0 Å². The molecule has 21 aliphatic heterocycles. The van der Waals surface area contributed by atoms with Crippen molar-refractivity contribution >= 4 is 17.3 Å². The lowest BCUT2D eigenvalue weighted by Crippen LogP contribution is -2.68. The molecule has 21 aliphatic rings. The summed E-state index contributed by atoms with van der Waals surface area (Å²) in [5, 5.41) is 227. The van der Waals surface area contributed by atoms with Crippen LogP contribution < -0.4 is 10.6 Å². The van der Waals surface area contributed by atoms with Crippen molar-refractivity contribution in [2.75, 3.05) is 53.2 Å². The molecule has 0 aromatic heterocycles. The highest BCUT2D eigenvalue weighted by atomic mass is 32.1. The highest BCUT2D eigenvalue weighted by Gasteiger charge is 2.59. The highest BCUT2D eigenvalue weighted by molar-refractivity contribution is 7.80. The molecule has 14 bridgehead atoms. The van der Waals surface area contributed by atoms with Gasteiger partial charge in [0.1, 0.15) is 171 Å². The van der Waals surface area contributed by atoms with Crippen LogP contribution in [0.15, 0.2) is 0 Å². The van der Waals surface area contributed by atoms with Crippen molar-refractivity contribution in [3.05, 3.63) is 0 Å². The lowest BCUT2D eigenvalue weighted by Gasteiger charge is -2.50. The van der Waals surface area contributed by atoms with Gasteiger partial charge in [-0.1, -0.05) is 0 Å². The fourth-order valence-corrected chi connectivity index (χ4v) is 10.8. The Morgan fingerprint density at radius 2 is 0.432 bits per heavy atom. The van der Waals surface area contributed by atoms with E-state index in [1.165, 1.54) is 7.05 Å². The standard InChI is InChI=1S/C44H74N2O34S/c1-45-44(81)46-2-9-30-16(53)23(60)37(67-9)75-31-10(3-47)69-39(25(62)18(31)55)77-33-12(5-49)71-41(27(64)20(33)57)79-35-14(7-51)73-43(29(66)22(35)59)80-36-15(8-52)72-42(28(65)21(36)58)78-34-13(6-50)70-40(26(63)19(34)56)76-32-11(4-48)68-38(74-30)24(61)17(32)54/h9-43,47-66H,2-8H2,1H3,(H2,45,46,81)/t9-,10+,11-,12+,13-,14+,15-,16+,17+,18+,19+,20-,21+,22+,23+,24+,25-,26+,27-,28+,29+,30+,31+,32+,33+,34+,35+,36+,37+,38+,39+,40+,41+,42+,43+/m0/s1. The van der Waals surface area contributed by atoms with Gasteiger partial charge in [-0.05, 0) is 12.2 Å². The molecule has 0 unspecified atom stereocenters. The molecule has 21 saturated heterocycles. The lowest BCUT2D eigenvalue weighted by atomic mass is 9.95. The molecule has 0 spiro atoms. The molecule has 37 heteroatoms. The monoisotopic (exact) mass is 1210 g/mol. The average molecular weight is 1210 g/mol. The van der Waals surface area contributed by atoms with Crippen molar-refractivity contribution < 1.29 is 168 Å². The number of hydrogen-bond acceptors (Lipinski definition) is 35. The number of thiocarbonyl (C=S) groups is 1. The van der Waals surface area contributed by atoms with Gasteiger partial charge in [-0.2, -0.15) is 0 Å². The SMILES string of the molecule is CNC(=S)NC[C@@H]1O[C@@H]2O[C@H]3[C@H](O)[C@H](O)[C@@H](O[C@H]4[C@@H](O)[C@H](O)[C@@H](O[C@H]5[C@H](O)[C@@H](O)[C@@H](O[C@H]6[C@H](O)[C@@H](O)[C@@H](O[C@H]7[C@H](O)[C@@H](O)[C@@H](O[C@H]8[C@H](O)[C@@H](O)[C@@H](O[C@H]1[C@H](O)[C@H]2O)O[C@H]8CO)O[C@H]7CO)O[C@H]6CO)O[C@@H]5CO)O[C@@H]4CO)O[C@@H]3CO. The Morgan fingerprint density at radius 3 is 0.593 bits per heavy atom. The van der Waals surface area contributed by atoms with E-state index in [4.69, 9.17) is 78.5 Å². The van der Waals surface area contributed by atoms with Gasteiger partial charge in [0.05, 0.1) is 39.6 Å². The van der Waals surface area contributed by atoms with Gasteiger partial charge in [0.2, 0.25) is 0 Å². The number of aliphatic hydroxyl groups is 20. The molecular formula is C44H74N2O34S. The minimum atomic E-state index is -2.21. The van der Waals surface area contributed by atoms with E-state index in [1.807, 2.05) is 0 Å². The minimum absolute atomic E-state index is 0.00463. The van der Waals surface area contributed by atoms with Gasteiger partial charge in [0, 0.05) is 13.6 Å². The van der Waals surface area contributed by atoms with Crippen LogP contribution in [0.1, 0.15) is 0 Å². The molecule has 0 amide bonds. The largest absolute Gasteiger partial charge is 0.394 e. The zero-order valence-corrected chi connectivity index (χ0v) is 43.5. The van der Waals surface area contributed by atoms with Gasteiger partial charge in [0.25, 0.3) is 0 Å². The van der Waals surface area contributed by atoms with Crippen molar-refractivity contribution in [2.24, 2.45) is 0 Å². The van der Waals surface area contributed by atoms with Crippen LogP contribution in [-0.4, -0.2) is 375 Å². The lowest BCUT2D eigenvalue weighted by molar-refractivity contribution is -0.396. The molecule has 0 radical (unpaired) electrons. The summed E-state index contributed by atoms with van der Waals surface area (Å²) < 4.78 is 80.7. The van der Waals surface area contributed by atoms with Crippen LogP contribution in [0, 0.1) is 0 Å². The third-order valence-electron chi connectivity index (χ3n) is 15.3. The number of rotatable bonds is 8. The normalized spacial score (nSPS) is 53.1. The predicted octanol–water partition coefficient (Wildman–Crippen LogP) is -15.1. The Morgan fingerprint density at radius 1 is 0.272 bits per heavy atom. The third kappa shape index (κ3) is 13.3. The zero-order valence-electron chi connectivity index (χ0n) is 42.7. The van der Waals surface area contributed by atoms with Crippen LogP contribution in [0.5, 0.6) is 0 Å². The van der Waals surface area contributed by atoms with Gasteiger partial charge in [-0.3, -0.25) is 0 Å². The van der Waals surface area contributed by atoms with Gasteiger partial charge in [-0.15, -0.1) is 0 Å². The number of hydrogen-bond donors (Lipinski definition) is 22. The molecule has 21 rings (SSSR count). The summed E-state index contributed by atoms with van der Waals surface area (Å²) in [5.41, 5.74) is 0. The number of ether oxygens (including phenoxy) is 14. The van der Waals surface area contributed by atoms with Crippen LogP contribution in [0.2, 0.25) is 0 Å². The molecule has 470 valence electrons. The maximum atomic E-state index is 11.6. The van der Waals surface area contributed by atoms with E-state index in [0.29, 0.717) is 0 Å². The highest BCUT2D eigenvalue weighted by Crippen LogP contribution is 2.39.